The molecule has 0 radical (unpaired) electrons. The van der Waals surface area contributed by atoms with Crippen LogP contribution >= 0.6 is 11.8 Å². The molecule has 0 spiro atoms. The molecule has 0 saturated heterocycles. The molecule has 82 valence electrons. The number of thioether (sulfide) groups is 1. The van der Waals surface area contributed by atoms with E-state index >= 15 is 0 Å². The van der Waals surface area contributed by atoms with Crippen LogP contribution in [0.25, 0.3) is 11.3 Å². The van der Waals surface area contributed by atoms with Crippen LogP contribution < -0.4 is 0 Å². The van der Waals surface area contributed by atoms with Crippen molar-refractivity contribution in [2.45, 2.75) is 4.90 Å². The topological polar surface area (TPSA) is 63.3 Å². The highest BCUT2D eigenvalue weighted by Gasteiger charge is 2.13. The summed E-state index contributed by atoms with van der Waals surface area (Å²) in [5.74, 6) is -0.612. The smallest absolute Gasteiger partial charge is 0.358 e. The Balaban J connectivity index is 2.46. The number of aromatic carboxylic acids is 1. The Morgan fingerprint density at radius 2 is 2.19 bits per heavy atom. The van der Waals surface area contributed by atoms with Crippen molar-refractivity contribution >= 4 is 17.7 Å². The zero-order valence-electron chi connectivity index (χ0n) is 8.51. The second kappa shape index (κ2) is 4.40. The van der Waals surface area contributed by atoms with E-state index < -0.39 is 5.97 Å². The number of carboxylic acids is 1. The van der Waals surface area contributed by atoms with Crippen molar-refractivity contribution < 1.29 is 14.4 Å². The third-order valence-electron chi connectivity index (χ3n) is 2.10. The van der Waals surface area contributed by atoms with Gasteiger partial charge >= 0.3 is 5.97 Å². The van der Waals surface area contributed by atoms with Gasteiger partial charge in [0.2, 0.25) is 0 Å². The summed E-state index contributed by atoms with van der Waals surface area (Å²) in [6.07, 6.45) is 1.95. The number of nitrogens with zero attached hydrogens (tertiary/aromatic N) is 1. The Kier molecular flexibility index (Phi) is 2.96. The fourth-order valence-electron chi connectivity index (χ4n) is 1.35. The summed E-state index contributed by atoms with van der Waals surface area (Å²) in [7, 11) is 0. The third-order valence-corrected chi connectivity index (χ3v) is 2.90. The van der Waals surface area contributed by atoms with Gasteiger partial charge in [0.25, 0.3) is 0 Å². The normalized spacial score (nSPS) is 10.3. The minimum Gasteiger partial charge on any atom is -0.476 e. The van der Waals surface area contributed by atoms with Crippen LogP contribution in [0.1, 0.15) is 10.5 Å². The van der Waals surface area contributed by atoms with E-state index in [1.165, 1.54) is 6.07 Å². The van der Waals surface area contributed by atoms with Crippen LogP contribution in [-0.2, 0) is 0 Å². The zero-order chi connectivity index (χ0) is 11.5. The van der Waals surface area contributed by atoms with Gasteiger partial charge < -0.3 is 9.63 Å². The molecule has 0 aliphatic rings. The minimum absolute atomic E-state index is 0.0779. The molecule has 0 bridgehead atoms. The maximum absolute atomic E-state index is 10.7. The molecule has 0 aliphatic carbocycles. The molecule has 5 heteroatoms. The van der Waals surface area contributed by atoms with Gasteiger partial charge in [-0.25, -0.2) is 4.79 Å². The van der Waals surface area contributed by atoms with Crippen molar-refractivity contribution in [2.24, 2.45) is 0 Å². The summed E-state index contributed by atoms with van der Waals surface area (Å²) in [6.45, 7) is 0. The molecule has 0 unspecified atom stereocenters. The second-order valence-corrected chi connectivity index (χ2v) is 3.93. The van der Waals surface area contributed by atoms with Crippen molar-refractivity contribution in [3.8, 4) is 11.3 Å². The SMILES string of the molecule is CSc1ccccc1-c1cc(C(=O)O)no1. The number of carbonyl (C=O) groups is 1. The number of benzene rings is 1. The number of hydrogen-bond acceptors (Lipinski definition) is 4. The summed E-state index contributed by atoms with van der Waals surface area (Å²) in [6, 6.07) is 9.04. The van der Waals surface area contributed by atoms with E-state index in [2.05, 4.69) is 5.16 Å². The zero-order valence-corrected chi connectivity index (χ0v) is 9.32. The van der Waals surface area contributed by atoms with E-state index in [0.717, 1.165) is 10.5 Å². The van der Waals surface area contributed by atoms with E-state index in [0.29, 0.717) is 5.76 Å². The lowest BCUT2D eigenvalue weighted by atomic mass is 10.1. The lowest BCUT2D eigenvalue weighted by molar-refractivity contribution is 0.0686. The molecule has 0 atom stereocenters. The minimum atomic E-state index is -1.09. The summed E-state index contributed by atoms with van der Waals surface area (Å²) >= 11 is 1.57. The summed E-state index contributed by atoms with van der Waals surface area (Å²) in [5, 5.41) is 12.2. The Morgan fingerprint density at radius 1 is 1.44 bits per heavy atom. The highest BCUT2D eigenvalue weighted by Crippen LogP contribution is 2.30. The van der Waals surface area contributed by atoms with Crippen LogP contribution in [0.2, 0.25) is 0 Å². The van der Waals surface area contributed by atoms with E-state index in [-0.39, 0.29) is 5.69 Å². The summed E-state index contributed by atoms with van der Waals surface area (Å²) in [4.78, 5) is 11.7. The lowest BCUT2D eigenvalue weighted by Gasteiger charge is -2.01. The molecule has 16 heavy (non-hydrogen) atoms. The molecule has 2 rings (SSSR count). The monoisotopic (exact) mass is 235 g/mol. The molecule has 2 aromatic rings. The summed E-state index contributed by atoms with van der Waals surface area (Å²) < 4.78 is 5.01. The van der Waals surface area contributed by atoms with Crippen LogP contribution in [-0.4, -0.2) is 22.5 Å². The largest absolute Gasteiger partial charge is 0.476 e. The number of rotatable bonds is 3. The molecular weight excluding hydrogens is 226 g/mol. The predicted molar refractivity (Wildman–Crippen MR) is 60.7 cm³/mol. The lowest BCUT2D eigenvalue weighted by Crippen LogP contribution is -1.94. The first-order valence-electron chi connectivity index (χ1n) is 4.56. The molecule has 0 saturated carbocycles. The predicted octanol–water partition coefficient (Wildman–Crippen LogP) is 2.76. The average Bonchev–Trinajstić information content (AvgIpc) is 2.78. The molecule has 1 aromatic carbocycles. The maximum Gasteiger partial charge on any atom is 0.358 e. The first-order valence-corrected chi connectivity index (χ1v) is 5.78. The van der Waals surface area contributed by atoms with Crippen LogP contribution in [0.3, 0.4) is 0 Å². The van der Waals surface area contributed by atoms with Crippen LogP contribution in [0.5, 0.6) is 0 Å². The number of hydrogen-bond donors (Lipinski definition) is 1. The fraction of sp³-hybridized carbons (Fsp3) is 0.0909. The van der Waals surface area contributed by atoms with Crippen molar-refractivity contribution in [3.05, 3.63) is 36.0 Å². The quantitative estimate of drug-likeness (QED) is 0.829. The van der Waals surface area contributed by atoms with Gasteiger partial charge in [-0.15, -0.1) is 11.8 Å². The Hall–Kier alpha value is -1.75. The molecule has 0 aliphatic heterocycles. The van der Waals surface area contributed by atoms with Crippen LogP contribution in [0.4, 0.5) is 0 Å². The third kappa shape index (κ3) is 1.94. The maximum atomic E-state index is 10.7. The van der Waals surface area contributed by atoms with E-state index in [9.17, 15) is 4.79 Å². The van der Waals surface area contributed by atoms with E-state index in [1.54, 1.807) is 11.8 Å². The summed E-state index contributed by atoms with van der Waals surface area (Å²) in [5.41, 5.74) is 0.779. The van der Waals surface area contributed by atoms with Crippen molar-refractivity contribution in [3.63, 3.8) is 0 Å². The number of carboxylic acid groups (broad SMARTS) is 1. The standard InChI is InChI=1S/C11H9NO3S/c1-16-10-5-3-2-4-7(10)9-6-8(11(13)14)12-15-9/h2-6H,1H3,(H,13,14). The molecule has 4 nitrogen and oxygen atoms in total. The van der Waals surface area contributed by atoms with Crippen molar-refractivity contribution in [1.29, 1.82) is 0 Å². The molecule has 1 aromatic heterocycles. The van der Waals surface area contributed by atoms with Crippen molar-refractivity contribution in [2.75, 3.05) is 6.26 Å². The fourth-order valence-corrected chi connectivity index (χ4v) is 1.95. The van der Waals surface area contributed by atoms with E-state index in [1.807, 2.05) is 30.5 Å². The average molecular weight is 235 g/mol. The highest BCUT2D eigenvalue weighted by molar-refractivity contribution is 7.98. The van der Waals surface area contributed by atoms with Crippen LogP contribution in [0, 0.1) is 0 Å². The van der Waals surface area contributed by atoms with Gasteiger partial charge in [-0.3, -0.25) is 0 Å². The van der Waals surface area contributed by atoms with E-state index in [4.69, 9.17) is 9.63 Å². The van der Waals surface area contributed by atoms with Crippen LogP contribution in [0.15, 0.2) is 39.8 Å². The van der Waals surface area contributed by atoms with Gasteiger partial charge in [-0.2, -0.15) is 0 Å². The first-order chi connectivity index (χ1) is 7.72. The number of aromatic nitrogens is 1. The first kappa shape index (κ1) is 10.8. The van der Waals surface area contributed by atoms with Gasteiger partial charge in [-0.05, 0) is 18.4 Å². The highest BCUT2D eigenvalue weighted by atomic mass is 32.2. The Bertz CT molecular complexity index is 521. The Labute approximate surface area is 96.3 Å². The van der Waals surface area contributed by atoms with Gasteiger partial charge in [0.15, 0.2) is 11.5 Å². The van der Waals surface area contributed by atoms with Gasteiger partial charge in [0.05, 0.1) is 0 Å². The van der Waals surface area contributed by atoms with Gasteiger partial charge in [0, 0.05) is 16.5 Å². The molecule has 1 N–H and O–H groups in total. The van der Waals surface area contributed by atoms with Crippen molar-refractivity contribution in [1.82, 2.24) is 5.16 Å². The molecular formula is C11H9NO3S. The van der Waals surface area contributed by atoms with Gasteiger partial charge in [-0.1, -0.05) is 17.3 Å². The molecule has 0 amide bonds. The van der Waals surface area contributed by atoms with Gasteiger partial charge in [0.1, 0.15) is 0 Å². The Morgan fingerprint density at radius 3 is 2.81 bits per heavy atom. The second-order valence-electron chi connectivity index (χ2n) is 3.08. The molecule has 0 fully saturated rings. The molecule has 1 heterocycles.